The molecule has 1 aromatic rings. The molecule has 2 unspecified atom stereocenters. The van der Waals surface area contributed by atoms with Crippen LogP contribution in [0.1, 0.15) is 38.7 Å². The van der Waals surface area contributed by atoms with Gasteiger partial charge in [0, 0.05) is 10.8 Å². The first kappa shape index (κ1) is 16.3. The summed E-state index contributed by atoms with van der Waals surface area (Å²) in [5.41, 5.74) is 1.20. The number of rotatable bonds is 6. The molecular formula is C16H23BrFNS. The normalized spacial score (nSPS) is 24.0. The van der Waals surface area contributed by atoms with E-state index in [2.05, 4.69) is 46.9 Å². The van der Waals surface area contributed by atoms with E-state index in [1.54, 1.807) is 6.07 Å². The van der Waals surface area contributed by atoms with E-state index >= 15 is 0 Å². The number of hydrogen-bond acceptors (Lipinski definition) is 2. The van der Waals surface area contributed by atoms with Gasteiger partial charge in [-0.1, -0.05) is 13.0 Å². The molecule has 2 atom stereocenters. The molecule has 1 aliphatic heterocycles. The van der Waals surface area contributed by atoms with Gasteiger partial charge in [0.25, 0.3) is 0 Å². The van der Waals surface area contributed by atoms with Gasteiger partial charge in [-0.15, -0.1) is 0 Å². The smallest absolute Gasteiger partial charge is 0.137 e. The highest BCUT2D eigenvalue weighted by atomic mass is 79.9. The molecule has 1 aliphatic rings. The minimum Gasteiger partial charge on any atom is -0.312 e. The van der Waals surface area contributed by atoms with Crippen molar-refractivity contribution in [3.63, 3.8) is 0 Å². The molecule has 1 nitrogen and oxygen atoms in total. The Balaban J connectivity index is 2.12. The Morgan fingerprint density at radius 3 is 2.90 bits per heavy atom. The molecule has 2 rings (SSSR count). The number of benzene rings is 1. The lowest BCUT2D eigenvalue weighted by Gasteiger charge is -2.34. The first-order valence-electron chi connectivity index (χ1n) is 7.36. The Morgan fingerprint density at radius 2 is 2.30 bits per heavy atom. The SMILES string of the molecule is CCCNC(Cc1ccc(F)c(Br)c1)C1(C)CCCS1. The van der Waals surface area contributed by atoms with E-state index in [0.29, 0.717) is 15.3 Å². The quantitative estimate of drug-likeness (QED) is 0.783. The van der Waals surface area contributed by atoms with Gasteiger partial charge in [-0.05, 0) is 78.5 Å². The fourth-order valence-electron chi connectivity index (χ4n) is 2.80. The predicted molar refractivity (Wildman–Crippen MR) is 90.0 cm³/mol. The molecule has 4 heteroatoms. The third kappa shape index (κ3) is 3.99. The lowest BCUT2D eigenvalue weighted by atomic mass is 9.90. The van der Waals surface area contributed by atoms with Crippen LogP contribution in [0.3, 0.4) is 0 Å². The summed E-state index contributed by atoms with van der Waals surface area (Å²) in [5, 5.41) is 3.70. The zero-order valence-corrected chi connectivity index (χ0v) is 14.6. The molecule has 1 saturated heterocycles. The van der Waals surface area contributed by atoms with Crippen molar-refractivity contribution in [1.82, 2.24) is 5.32 Å². The zero-order chi connectivity index (χ0) is 14.6. The fourth-order valence-corrected chi connectivity index (χ4v) is 4.64. The topological polar surface area (TPSA) is 12.0 Å². The Morgan fingerprint density at radius 1 is 1.50 bits per heavy atom. The highest BCUT2D eigenvalue weighted by Gasteiger charge is 2.37. The van der Waals surface area contributed by atoms with Gasteiger partial charge in [0.15, 0.2) is 0 Å². The van der Waals surface area contributed by atoms with Gasteiger partial charge in [-0.3, -0.25) is 0 Å². The lowest BCUT2D eigenvalue weighted by molar-refractivity contribution is 0.398. The monoisotopic (exact) mass is 359 g/mol. The highest BCUT2D eigenvalue weighted by molar-refractivity contribution is 9.10. The van der Waals surface area contributed by atoms with E-state index in [4.69, 9.17) is 0 Å². The van der Waals surface area contributed by atoms with Crippen molar-refractivity contribution in [2.45, 2.75) is 50.3 Å². The number of thioether (sulfide) groups is 1. The maximum atomic E-state index is 13.3. The molecule has 112 valence electrons. The first-order valence-corrected chi connectivity index (χ1v) is 9.14. The van der Waals surface area contributed by atoms with Crippen molar-refractivity contribution < 1.29 is 4.39 Å². The average Bonchev–Trinajstić information content (AvgIpc) is 2.86. The molecule has 0 radical (unpaired) electrons. The molecular weight excluding hydrogens is 337 g/mol. The molecule has 20 heavy (non-hydrogen) atoms. The summed E-state index contributed by atoms with van der Waals surface area (Å²) >= 11 is 5.37. The zero-order valence-electron chi connectivity index (χ0n) is 12.2. The van der Waals surface area contributed by atoms with Crippen LogP contribution in [-0.4, -0.2) is 23.1 Å². The van der Waals surface area contributed by atoms with Crippen LogP contribution >= 0.6 is 27.7 Å². The third-order valence-corrected chi connectivity index (χ3v) is 6.30. The number of hydrogen-bond donors (Lipinski definition) is 1. The molecule has 0 bridgehead atoms. The van der Waals surface area contributed by atoms with Crippen LogP contribution in [0.15, 0.2) is 22.7 Å². The van der Waals surface area contributed by atoms with Gasteiger partial charge in [0.05, 0.1) is 4.47 Å². The van der Waals surface area contributed by atoms with Gasteiger partial charge in [-0.25, -0.2) is 4.39 Å². The lowest BCUT2D eigenvalue weighted by Crippen LogP contribution is -2.47. The van der Waals surface area contributed by atoms with E-state index < -0.39 is 0 Å². The second-order valence-electron chi connectivity index (χ2n) is 5.72. The van der Waals surface area contributed by atoms with Crippen LogP contribution in [0, 0.1) is 5.82 Å². The minimum atomic E-state index is -0.187. The van der Waals surface area contributed by atoms with E-state index in [-0.39, 0.29) is 5.82 Å². The van der Waals surface area contributed by atoms with Crippen LogP contribution in [0.2, 0.25) is 0 Å². The van der Waals surface area contributed by atoms with Crippen molar-refractivity contribution in [1.29, 1.82) is 0 Å². The molecule has 1 aromatic carbocycles. The molecule has 0 amide bonds. The van der Waals surface area contributed by atoms with Gasteiger partial charge in [0.2, 0.25) is 0 Å². The standard InChI is InChI=1S/C16H23BrFNS/c1-3-8-19-15(16(2)7-4-9-20-16)11-12-5-6-14(18)13(17)10-12/h5-6,10,15,19H,3-4,7-9,11H2,1-2H3. The van der Waals surface area contributed by atoms with Gasteiger partial charge in [-0.2, -0.15) is 11.8 Å². The summed E-state index contributed by atoms with van der Waals surface area (Å²) in [5.74, 6) is 1.07. The number of halogens is 2. The van der Waals surface area contributed by atoms with E-state index in [1.165, 1.54) is 24.2 Å². The second-order valence-corrected chi connectivity index (χ2v) is 8.21. The maximum Gasteiger partial charge on any atom is 0.137 e. The first-order chi connectivity index (χ1) is 9.55. The molecule has 0 aromatic heterocycles. The van der Waals surface area contributed by atoms with Crippen molar-refractivity contribution in [2.24, 2.45) is 0 Å². The Labute approximate surface area is 134 Å². The molecule has 1 heterocycles. The van der Waals surface area contributed by atoms with Crippen LogP contribution in [-0.2, 0) is 6.42 Å². The molecule has 0 spiro atoms. The molecule has 0 saturated carbocycles. The molecule has 1 fully saturated rings. The van der Waals surface area contributed by atoms with Crippen molar-refractivity contribution in [2.75, 3.05) is 12.3 Å². The fraction of sp³-hybridized carbons (Fsp3) is 0.625. The summed E-state index contributed by atoms with van der Waals surface area (Å²) in [6, 6.07) is 5.83. The maximum absolute atomic E-state index is 13.3. The van der Waals surface area contributed by atoms with Crippen LogP contribution in [0.5, 0.6) is 0 Å². The summed E-state index contributed by atoms with van der Waals surface area (Å²) < 4.78 is 14.2. The minimum absolute atomic E-state index is 0.187. The largest absolute Gasteiger partial charge is 0.312 e. The van der Waals surface area contributed by atoms with Crippen LogP contribution < -0.4 is 5.32 Å². The summed E-state index contributed by atoms with van der Waals surface area (Å²) in [6.45, 7) is 5.61. The predicted octanol–water partition coefficient (Wildman–Crippen LogP) is 4.78. The highest BCUT2D eigenvalue weighted by Crippen LogP contribution is 2.41. The summed E-state index contributed by atoms with van der Waals surface area (Å²) in [6.07, 6.45) is 4.67. The number of nitrogens with one attached hydrogen (secondary N) is 1. The summed E-state index contributed by atoms with van der Waals surface area (Å²) in [4.78, 5) is 0. The Hall–Kier alpha value is -0.0600. The third-order valence-electron chi connectivity index (χ3n) is 4.05. The van der Waals surface area contributed by atoms with Crippen LogP contribution in [0.25, 0.3) is 0 Å². The van der Waals surface area contributed by atoms with Crippen molar-refractivity contribution in [3.8, 4) is 0 Å². The van der Waals surface area contributed by atoms with E-state index in [0.717, 1.165) is 19.4 Å². The van der Waals surface area contributed by atoms with E-state index in [9.17, 15) is 4.39 Å². The van der Waals surface area contributed by atoms with Crippen molar-refractivity contribution in [3.05, 3.63) is 34.1 Å². The average molecular weight is 360 g/mol. The molecule has 1 N–H and O–H groups in total. The van der Waals surface area contributed by atoms with Crippen LogP contribution in [0.4, 0.5) is 4.39 Å². The van der Waals surface area contributed by atoms with Crippen molar-refractivity contribution >= 4 is 27.7 Å². The second kappa shape index (κ2) is 7.28. The van der Waals surface area contributed by atoms with Gasteiger partial charge >= 0.3 is 0 Å². The van der Waals surface area contributed by atoms with Gasteiger partial charge in [0.1, 0.15) is 5.82 Å². The summed E-state index contributed by atoms with van der Waals surface area (Å²) in [7, 11) is 0. The van der Waals surface area contributed by atoms with E-state index in [1.807, 2.05) is 12.1 Å². The molecule has 0 aliphatic carbocycles. The Bertz CT molecular complexity index is 446. The van der Waals surface area contributed by atoms with Gasteiger partial charge < -0.3 is 5.32 Å². The Kier molecular flexibility index (Phi) is 5.94.